The number of nitrogens with zero attached hydrogens (tertiary/aromatic N) is 2. The van der Waals surface area contributed by atoms with Crippen LogP contribution in [0, 0.1) is 5.82 Å². The fraction of sp³-hybridized carbons (Fsp3) is 0.143. The summed E-state index contributed by atoms with van der Waals surface area (Å²) in [4.78, 5) is 10.4. The van der Waals surface area contributed by atoms with Crippen LogP contribution in [0.15, 0.2) is 24.3 Å². The number of fused-ring (bicyclic) bond motifs is 1. The Morgan fingerprint density at radius 2 is 2.14 bits per heavy atom. The van der Waals surface area contributed by atoms with E-state index in [1.54, 1.807) is 17.4 Å². The number of aromatic nitrogens is 2. The first-order valence-corrected chi connectivity index (χ1v) is 7.54. The van der Waals surface area contributed by atoms with Gasteiger partial charge in [-0.3, -0.25) is 0 Å². The molecule has 1 aromatic carbocycles. The molecule has 0 saturated carbocycles. The highest BCUT2D eigenvalue weighted by atomic mass is 35.5. The maximum Gasteiger partial charge on any atom is 0.223 e. The second-order valence-corrected chi connectivity index (χ2v) is 5.99. The molecule has 21 heavy (non-hydrogen) atoms. The van der Waals surface area contributed by atoms with Crippen LogP contribution in [0.1, 0.15) is 11.8 Å². The molecule has 0 amide bonds. The predicted octanol–water partition coefficient (Wildman–Crippen LogP) is 4.37. The first kappa shape index (κ1) is 14.0. The van der Waals surface area contributed by atoms with E-state index in [9.17, 15) is 4.39 Å². The summed E-state index contributed by atoms with van der Waals surface area (Å²) in [5.41, 5.74) is 6.29. The number of anilines is 3. The molecule has 108 valence electrons. The Bertz CT molecular complexity index is 818. The molecule has 3 N–H and O–H groups in total. The van der Waals surface area contributed by atoms with Gasteiger partial charge < -0.3 is 11.1 Å². The quantitative estimate of drug-likeness (QED) is 0.751. The number of thiophene rings is 1. The number of hydrogen-bond acceptors (Lipinski definition) is 5. The minimum atomic E-state index is -0.487. The van der Waals surface area contributed by atoms with E-state index in [4.69, 9.17) is 17.3 Å². The van der Waals surface area contributed by atoms with Crippen LogP contribution >= 0.6 is 22.9 Å². The maximum absolute atomic E-state index is 13.5. The zero-order chi connectivity index (χ0) is 15.0. The van der Waals surface area contributed by atoms with Crippen LogP contribution in [-0.2, 0) is 6.42 Å². The monoisotopic (exact) mass is 322 g/mol. The van der Waals surface area contributed by atoms with E-state index in [2.05, 4.69) is 22.2 Å². The van der Waals surface area contributed by atoms with Crippen molar-refractivity contribution in [1.82, 2.24) is 9.97 Å². The van der Waals surface area contributed by atoms with Gasteiger partial charge in [0.1, 0.15) is 16.5 Å². The van der Waals surface area contributed by atoms with Crippen LogP contribution in [0.4, 0.5) is 21.8 Å². The summed E-state index contributed by atoms with van der Waals surface area (Å²) in [6, 6.07) is 6.52. The van der Waals surface area contributed by atoms with Gasteiger partial charge in [0, 0.05) is 10.6 Å². The minimum Gasteiger partial charge on any atom is -0.368 e. The second kappa shape index (κ2) is 5.46. The van der Waals surface area contributed by atoms with E-state index in [1.807, 2.05) is 6.07 Å². The molecule has 0 bridgehead atoms. The van der Waals surface area contributed by atoms with E-state index in [-0.39, 0.29) is 11.0 Å². The highest BCUT2D eigenvalue weighted by molar-refractivity contribution is 7.18. The summed E-state index contributed by atoms with van der Waals surface area (Å²) in [5.74, 6) is 0.263. The summed E-state index contributed by atoms with van der Waals surface area (Å²) >= 11 is 7.25. The molecule has 2 aromatic heterocycles. The lowest BCUT2D eigenvalue weighted by molar-refractivity contribution is 0.629. The van der Waals surface area contributed by atoms with E-state index in [1.165, 1.54) is 17.0 Å². The third kappa shape index (κ3) is 2.77. The number of aryl methyl sites for hydroxylation is 1. The van der Waals surface area contributed by atoms with E-state index in [0.29, 0.717) is 11.5 Å². The van der Waals surface area contributed by atoms with Gasteiger partial charge in [0.15, 0.2) is 0 Å². The third-order valence-electron chi connectivity index (χ3n) is 2.99. The number of rotatable bonds is 3. The van der Waals surface area contributed by atoms with Crippen molar-refractivity contribution >= 4 is 50.6 Å². The van der Waals surface area contributed by atoms with E-state index >= 15 is 0 Å². The summed E-state index contributed by atoms with van der Waals surface area (Å²) in [5, 5.41) is 4.03. The second-order valence-electron chi connectivity index (χ2n) is 4.47. The van der Waals surface area contributed by atoms with Crippen molar-refractivity contribution in [2.24, 2.45) is 0 Å². The standard InChI is InChI=1S/C14H12ClFN4S/c1-2-8-6-9-12(19-14(17)20-13(9)21-8)18-7-3-4-10(15)11(16)5-7/h3-6H,2H2,1H3,(H3,17,18,19,20). The maximum atomic E-state index is 13.5. The van der Waals surface area contributed by atoms with Crippen molar-refractivity contribution in [2.45, 2.75) is 13.3 Å². The highest BCUT2D eigenvalue weighted by Crippen LogP contribution is 2.32. The van der Waals surface area contributed by atoms with Gasteiger partial charge in [-0.1, -0.05) is 18.5 Å². The predicted molar refractivity (Wildman–Crippen MR) is 85.9 cm³/mol. The molecule has 2 heterocycles. The van der Waals surface area contributed by atoms with Crippen molar-refractivity contribution in [3.05, 3.63) is 40.0 Å². The fourth-order valence-corrected chi connectivity index (χ4v) is 3.06. The molecule has 4 nitrogen and oxygen atoms in total. The van der Waals surface area contributed by atoms with Crippen molar-refractivity contribution in [3.8, 4) is 0 Å². The molecule has 0 saturated heterocycles. The Morgan fingerprint density at radius 3 is 2.86 bits per heavy atom. The molecule has 0 atom stereocenters. The SMILES string of the molecule is CCc1cc2c(Nc3ccc(Cl)c(F)c3)nc(N)nc2s1. The van der Waals surface area contributed by atoms with Gasteiger partial charge in [-0.05, 0) is 30.7 Å². The van der Waals surface area contributed by atoms with Crippen molar-refractivity contribution in [3.63, 3.8) is 0 Å². The van der Waals surface area contributed by atoms with Gasteiger partial charge in [0.25, 0.3) is 0 Å². The largest absolute Gasteiger partial charge is 0.368 e. The van der Waals surface area contributed by atoms with Crippen LogP contribution in [-0.4, -0.2) is 9.97 Å². The van der Waals surface area contributed by atoms with Crippen LogP contribution in [0.3, 0.4) is 0 Å². The Hall–Kier alpha value is -1.92. The fourth-order valence-electron chi connectivity index (χ4n) is 1.97. The van der Waals surface area contributed by atoms with Crippen molar-refractivity contribution in [1.29, 1.82) is 0 Å². The van der Waals surface area contributed by atoms with Crippen molar-refractivity contribution in [2.75, 3.05) is 11.1 Å². The minimum absolute atomic E-state index is 0.0803. The average molecular weight is 323 g/mol. The number of nitrogen functional groups attached to an aromatic ring is 1. The summed E-state index contributed by atoms with van der Waals surface area (Å²) < 4.78 is 13.5. The molecule has 0 unspecified atom stereocenters. The van der Waals surface area contributed by atoms with Crippen LogP contribution in [0.5, 0.6) is 0 Å². The van der Waals surface area contributed by atoms with Crippen LogP contribution in [0.25, 0.3) is 10.2 Å². The number of nitrogens with one attached hydrogen (secondary N) is 1. The van der Waals surface area contributed by atoms with Crippen LogP contribution < -0.4 is 11.1 Å². The average Bonchev–Trinajstić information content (AvgIpc) is 2.86. The summed E-state index contributed by atoms with van der Waals surface area (Å²) in [6.45, 7) is 2.07. The molecule has 3 rings (SSSR count). The van der Waals surface area contributed by atoms with Gasteiger partial charge in [-0.2, -0.15) is 4.98 Å². The van der Waals surface area contributed by atoms with Gasteiger partial charge in [-0.25, -0.2) is 9.37 Å². The lowest BCUT2D eigenvalue weighted by atomic mass is 10.2. The topological polar surface area (TPSA) is 63.8 Å². The van der Waals surface area contributed by atoms with Crippen molar-refractivity contribution < 1.29 is 4.39 Å². The van der Waals surface area contributed by atoms with E-state index in [0.717, 1.165) is 16.6 Å². The first-order chi connectivity index (χ1) is 10.1. The summed E-state index contributed by atoms with van der Waals surface area (Å²) in [6.07, 6.45) is 0.913. The lowest BCUT2D eigenvalue weighted by Crippen LogP contribution is -2.00. The number of hydrogen-bond donors (Lipinski definition) is 2. The third-order valence-corrected chi connectivity index (χ3v) is 4.47. The molecular weight excluding hydrogens is 311 g/mol. The van der Waals surface area contributed by atoms with Gasteiger partial charge in [-0.15, -0.1) is 11.3 Å². The summed E-state index contributed by atoms with van der Waals surface area (Å²) in [7, 11) is 0. The zero-order valence-electron chi connectivity index (χ0n) is 11.2. The molecular formula is C14H12ClFN4S. The number of halogens is 2. The molecule has 0 aliphatic rings. The first-order valence-electron chi connectivity index (χ1n) is 6.35. The zero-order valence-corrected chi connectivity index (χ0v) is 12.7. The Balaban J connectivity index is 2.06. The number of nitrogens with two attached hydrogens (primary N) is 1. The Kier molecular flexibility index (Phi) is 3.65. The number of benzene rings is 1. The van der Waals surface area contributed by atoms with Gasteiger partial charge in [0.2, 0.25) is 5.95 Å². The Morgan fingerprint density at radius 1 is 1.33 bits per heavy atom. The molecule has 0 spiro atoms. The molecule has 3 aromatic rings. The molecule has 0 aliphatic carbocycles. The normalized spacial score (nSPS) is 11.0. The lowest BCUT2D eigenvalue weighted by Gasteiger charge is -2.08. The van der Waals surface area contributed by atoms with Gasteiger partial charge >= 0.3 is 0 Å². The highest BCUT2D eigenvalue weighted by Gasteiger charge is 2.11. The van der Waals surface area contributed by atoms with E-state index < -0.39 is 5.82 Å². The molecule has 0 radical (unpaired) electrons. The molecule has 0 fully saturated rings. The smallest absolute Gasteiger partial charge is 0.223 e. The Labute approximate surface area is 129 Å². The molecule has 7 heteroatoms. The van der Waals surface area contributed by atoms with Gasteiger partial charge in [0.05, 0.1) is 10.4 Å². The molecule has 0 aliphatic heterocycles. The van der Waals surface area contributed by atoms with Crippen LogP contribution in [0.2, 0.25) is 5.02 Å².